The van der Waals surface area contributed by atoms with E-state index in [2.05, 4.69) is 72.4 Å². The van der Waals surface area contributed by atoms with Crippen LogP contribution in [0.15, 0.2) is 71.0 Å². The number of aliphatic imine (C=N–C) groups is 1. The largest absolute Gasteiger partial charge is 0.348 e. The van der Waals surface area contributed by atoms with Gasteiger partial charge in [-0.05, 0) is 37.1 Å². The van der Waals surface area contributed by atoms with Crippen LogP contribution in [0.1, 0.15) is 25.8 Å². The lowest BCUT2D eigenvalue weighted by Crippen LogP contribution is -2.17. The summed E-state index contributed by atoms with van der Waals surface area (Å²) in [5.41, 5.74) is 6.03. The molecule has 0 atom stereocenters. The van der Waals surface area contributed by atoms with E-state index in [1.807, 2.05) is 12.3 Å². The molecule has 0 saturated heterocycles. The van der Waals surface area contributed by atoms with Crippen LogP contribution in [0, 0.1) is 0 Å². The molecule has 1 aromatic carbocycles. The second-order valence-corrected chi connectivity index (χ2v) is 5.17. The zero-order chi connectivity index (χ0) is 14.7. The fourth-order valence-corrected chi connectivity index (χ4v) is 2.59. The van der Waals surface area contributed by atoms with Crippen molar-refractivity contribution in [1.29, 1.82) is 0 Å². The van der Waals surface area contributed by atoms with E-state index in [1.165, 1.54) is 22.4 Å². The number of benzene rings is 1. The number of hydrogen-bond acceptors (Lipinski definition) is 2. The Balaban J connectivity index is 1.87. The smallest absolute Gasteiger partial charge is 0.0708 e. The highest BCUT2D eigenvalue weighted by atomic mass is 15.1. The van der Waals surface area contributed by atoms with E-state index in [1.54, 1.807) is 0 Å². The summed E-state index contributed by atoms with van der Waals surface area (Å²) in [7, 11) is 0. The van der Waals surface area contributed by atoms with Crippen LogP contribution in [-0.4, -0.2) is 17.7 Å². The zero-order valence-electron chi connectivity index (χ0n) is 12.6. The second-order valence-electron chi connectivity index (χ2n) is 5.17. The van der Waals surface area contributed by atoms with Gasteiger partial charge in [0.05, 0.1) is 5.69 Å². The van der Waals surface area contributed by atoms with Crippen LogP contribution in [0.25, 0.3) is 5.57 Å². The first-order valence-electron chi connectivity index (χ1n) is 7.52. The molecule has 0 radical (unpaired) electrons. The molecule has 2 heterocycles. The van der Waals surface area contributed by atoms with Crippen molar-refractivity contribution in [3.63, 3.8) is 0 Å². The molecule has 2 aliphatic heterocycles. The summed E-state index contributed by atoms with van der Waals surface area (Å²) in [6.45, 7) is 5.34. The lowest BCUT2D eigenvalue weighted by Gasteiger charge is -2.24. The van der Waals surface area contributed by atoms with Crippen molar-refractivity contribution in [2.45, 2.75) is 20.3 Å². The molecule has 3 rings (SSSR count). The van der Waals surface area contributed by atoms with Crippen LogP contribution in [0.5, 0.6) is 0 Å². The summed E-state index contributed by atoms with van der Waals surface area (Å²) in [6, 6.07) is 8.26. The molecular weight excluding hydrogens is 256 g/mol. The molecule has 0 bridgehead atoms. The Kier molecular flexibility index (Phi) is 3.87. The van der Waals surface area contributed by atoms with E-state index in [0.717, 1.165) is 18.7 Å². The summed E-state index contributed by atoms with van der Waals surface area (Å²) < 4.78 is 0. The monoisotopic (exact) mass is 276 g/mol. The van der Waals surface area contributed by atoms with Gasteiger partial charge in [0.1, 0.15) is 0 Å². The average Bonchev–Trinajstić information content (AvgIpc) is 2.96. The van der Waals surface area contributed by atoms with Crippen LogP contribution in [0.3, 0.4) is 0 Å². The maximum Gasteiger partial charge on any atom is 0.0708 e. The first kappa shape index (κ1) is 13.6. The lowest BCUT2D eigenvalue weighted by molar-refractivity contribution is 0.497. The predicted octanol–water partition coefficient (Wildman–Crippen LogP) is 4.86. The topological polar surface area (TPSA) is 15.6 Å². The lowest BCUT2D eigenvalue weighted by atomic mass is 10.1. The van der Waals surface area contributed by atoms with Crippen LogP contribution >= 0.6 is 0 Å². The van der Waals surface area contributed by atoms with Gasteiger partial charge >= 0.3 is 0 Å². The molecule has 0 amide bonds. The summed E-state index contributed by atoms with van der Waals surface area (Å²) in [5.74, 6) is 0. The van der Waals surface area contributed by atoms with Gasteiger partial charge in [0.2, 0.25) is 0 Å². The van der Waals surface area contributed by atoms with E-state index in [0.29, 0.717) is 0 Å². The Hall–Kier alpha value is -2.35. The van der Waals surface area contributed by atoms with Gasteiger partial charge in [-0.25, -0.2) is 0 Å². The normalized spacial score (nSPS) is 20.3. The van der Waals surface area contributed by atoms with E-state index in [-0.39, 0.29) is 0 Å². The minimum absolute atomic E-state index is 0.980. The highest BCUT2D eigenvalue weighted by Crippen LogP contribution is 2.31. The molecule has 0 N–H and O–H groups in total. The van der Waals surface area contributed by atoms with Crippen molar-refractivity contribution in [2.75, 3.05) is 6.54 Å². The molecule has 1 aromatic rings. The fourth-order valence-electron chi connectivity index (χ4n) is 2.59. The minimum Gasteiger partial charge on any atom is -0.348 e. The van der Waals surface area contributed by atoms with Gasteiger partial charge < -0.3 is 4.90 Å². The summed E-state index contributed by atoms with van der Waals surface area (Å²) in [4.78, 5) is 6.73. The Bertz CT molecular complexity index is 687. The molecule has 0 fully saturated rings. The average molecular weight is 276 g/mol. The number of para-hydroxylation sites is 1. The van der Waals surface area contributed by atoms with Crippen molar-refractivity contribution >= 4 is 17.5 Å². The molecule has 0 saturated carbocycles. The number of rotatable bonds is 3. The molecule has 106 valence electrons. The second kappa shape index (κ2) is 5.96. The number of allylic oxidation sites excluding steroid dienone is 6. The molecule has 0 aromatic heterocycles. The summed E-state index contributed by atoms with van der Waals surface area (Å²) in [6.07, 6.45) is 14.0. The van der Waals surface area contributed by atoms with E-state index < -0.39 is 0 Å². The van der Waals surface area contributed by atoms with Crippen molar-refractivity contribution in [3.8, 4) is 0 Å². The number of nitrogens with zero attached hydrogens (tertiary/aromatic N) is 2. The highest BCUT2D eigenvalue weighted by Gasteiger charge is 2.11. The SMILES string of the molecule is CCC1=CN(CC)/C(=C/C=C2/C=Nc3ccccc32)C=C1. The molecule has 2 heteroatoms. The molecule has 2 aliphatic rings. The van der Waals surface area contributed by atoms with Gasteiger partial charge in [-0.15, -0.1) is 0 Å². The number of fused-ring (bicyclic) bond motifs is 1. The highest BCUT2D eigenvalue weighted by molar-refractivity contribution is 6.16. The minimum atomic E-state index is 0.980. The Morgan fingerprint density at radius 1 is 1.10 bits per heavy atom. The van der Waals surface area contributed by atoms with Crippen molar-refractivity contribution in [2.24, 2.45) is 4.99 Å². The molecule has 0 aliphatic carbocycles. The standard InChI is InChI=1S/C19H20N2/c1-3-15-9-11-17(21(4-2)14-15)12-10-16-13-20-19-8-6-5-7-18(16)19/h5-14H,3-4H2,1-2H3/b16-10-,17-12+. The van der Waals surface area contributed by atoms with Gasteiger partial charge in [-0.2, -0.15) is 0 Å². The third-order valence-electron chi connectivity index (χ3n) is 3.86. The molecule has 2 nitrogen and oxygen atoms in total. The van der Waals surface area contributed by atoms with Crippen molar-refractivity contribution < 1.29 is 0 Å². The summed E-state index contributed by atoms with van der Waals surface area (Å²) in [5, 5.41) is 0. The third kappa shape index (κ3) is 2.75. The van der Waals surface area contributed by atoms with Crippen LogP contribution in [0.4, 0.5) is 5.69 Å². The maximum atomic E-state index is 4.44. The van der Waals surface area contributed by atoms with Gasteiger partial charge in [0.15, 0.2) is 0 Å². The quantitative estimate of drug-likeness (QED) is 0.770. The Labute approximate surface area is 126 Å². The van der Waals surface area contributed by atoms with Crippen LogP contribution in [0.2, 0.25) is 0 Å². The van der Waals surface area contributed by atoms with E-state index in [9.17, 15) is 0 Å². The van der Waals surface area contributed by atoms with Crippen molar-refractivity contribution in [1.82, 2.24) is 4.90 Å². The Morgan fingerprint density at radius 3 is 2.76 bits per heavy atom. The molecule has 0 unspecified atom stereocenters. The molecular formula is C19H20N2. The van der Waals surface area contributed by atoms with E-state index in [4.69, 9.17) is 0 Å². The van der Waals surface area contributed by atoms with Gasteiger partial charge in [0.25, 0.3) is 0 Å². The fraction of sp³-hybridized carbons (Fsp3) is 0.211. The van der Waals surface area contributed by atoms with E-state index >= 15 is 0 Å². The van der Waals surface area contributed by atoms with Crippen LogP contribution in [-0.2, 0) is 0 Å². The third-order valence-corrected chi connectivity index (χ3v) is 3.86. The molecule has 0 spiro atoms. The van der Waals surface area contributed by atoms with Crippen molar-refractivity contribution in [3.05, 3.63) is 71.6 Å². The number of likely N-dealkylation sites (N-methyl/N-ethyl adjacent to an activating group) is 1. The van der Waals surface area contributed by atoms with Gasteiger partial charge in [0, 0.05) is 35.8 Å². The predicted molar refractivity (Wildman–Crippen MR) is 90.5 cm³/mol. The number of hydrogen-bond donors (Lipinski definition) is 0. The first-order chi connectivity index (χ1) is 10.3. The van der Waals surface area contributed by atoms with Gasteiger partial charge in [-0.3, -0.25) is 4.99 Å². The summed E-state index contributed by atoms with van der Waals surface area (Å²) >= 11 is 0. The molecule has 21 heavy (non-hydrogen) atoms. The zero-order valence-corrected chi connectivity index (χ0v) is 12.6. The Morgan fingerprint density at radius 2 is 1.95 bits per heavy atom. The first-order valence-corrected chi connectivity index (χ1v) is 7.52. The van der Waals surface area contributed by atoms with Crippen LogP contribution < -0.4 is 0 Å². The van der Waals surface area contributed by atoms with Gasteiger partial charge in [-0.1, -0.05) is 37.3 Å². The maximum absolute atomic E-state index is 4.44.